The van der Waals surface area contributed by atoms with Gasteiger partial charge in [0, 0.05) is 37.9 Å². The Kier molecular flexibility index (Phi) is 7.15. The molecule has 186 valence electrons. The lowest BCUT2D eigenvalue weighted by atomic mass is 10.0. The third-order valence-corrected chi connectivity index (χ3v) is 6.07. The Morgan fingerprint density at radius 2 is 1.86 bits per heavy atom. The van der Waals surface area contributed by atoms with E-state index in [-0.39, 0.29) is 30.0 Å². The molecule has 1 saturated heterocycles. The normalized spacial score (nSPS) is 14.9. The van der Waals surface area contributed by atoms with E-state index in [1.807, 2.05) is 0 Å². The van der Waals surface area contributed by atoms with E-state index < -0.39 is 28.3 Å². The van der Waals surface area contributed by atoms with Crippen LogP contribution < -0.4 is 10.9 Å². The van der Waals surface area contributed by atoms with Gasteiger partial charge in [-0.15, -0.1) is 0 Å². The minimum Gasteiger partial charge on any atom is -0.506 e. The smallest absolute Gasteiger partial charge is 0.268 e. The van der Waals surface area contributed by atoms with Crippen LogP contribution >= 0.6 is 0 Å². The highest BCUT2D eigenvalue weighted by atomic mass is 19.1. The average molecular weight is 485 g/mol. The third-order valence-electron chi connectivity index (χ3n) is 6.07. The third kappa shape index (κ3) is 5.34. The van der Waals surface area contributed by atoms with Crippen LogP contribution in [0.3, 0.4) is 0 Å². The first-order valence-electron chi connectivity index (χ1n) is 11.4. The number of carbonyl (C=O) groups excluding carboxylic acids is 1. The van der Waals surface area contributed by atoms with Crippen molar-refractivity contribution in [2.75, 3.05) is 39.5 Å². The first-order chi connectivity index (χ1) is 16.7. The molecule has 1 amide bonds. The number of amides is 1. The van der Waals surface area contributed by atoms with Gasteiger partial charge in [-0.05, 0) is 37.6 Å². The van der Waals surface area contributed by atoms with Crippen molar-refractivity contribution in [1.82, 2.24) is 19.8 Å². The highest BCUT2D eigenvalue weighted by Crippen LogP contribution is 2.30. The summed E-state index contributed by atoms with van der Waals surface area (Å²) in [4.78, 5) is 33.1. The van der Waals surface area contributed by atoms with Crippen molar-refractivity contribution in [3.8, 4) is 16.9 Å². The van der Waals surface area contributed by atoms with Gasteiger partial charge in [-0.1, -0.05) is 12.1 Å². The molecule has 0 bridgehead atoms. The summed E-state index contributed by atoms with van der Waals surface area (Å²) in [5.41, 5.74) is -0.593. The molecule has 0 atom stereocenters. The number of aromatic hydroxyl groups is 1. The number of fused-ring (bicyclic) bond motifs is 1. The highest BCUT2D eigenvalue weighted by molar-refractivity contribution is 6.02. The Morgan fingerprint density at radius 1 is 1.17 bits per heavy atom. The Balaban J connectivity index is 1.83. The minimum absolute atomic E-state index is 0.223. The summed E-state index contributed by atoms with van der Waals surface area (Å²) in [5, 5.41) is 23.4. The van der Waals surface area contributed by atoms with Gasteiger partial charge in [0.1, 0.15) is 22.8 Å². The van der Waals surface area contributed by atoms with Gasteiger partial charge >= 0.3 is 0 Å². The monoisotopic (exact) mass is 484 g/mol. The number of halogens is 1. The predicted molar refractivity (Wildman–Crippen MR) is 129 cm³/mol. The van der Waals surface area contributed by atoms with Crippen LogP contribution in [0.4, 0.5) is 4.39 Å². The second-order valence-corrected chi connectivity index (χ2v) is 9.23. The number of benzene rings is 1. The number of nitrogens with zero attached hydrogens (tertiary/aromatic N) is 3. The van der Waals surface area contributed by atoms with Crippen molar-refractivity contribution in [3.05, 3.63) is 58.3 Å². The van der Waals surface area contributed by atoms with Crippen molar-refractivity contribution in [3.63, 3.8) is 0 Å². The number of hydrogen-bond acceptors (Lipinski definition) is 7. The second-order valence-electron chi connectivity index (χ2n) is 9.23. The first kappa shape index (κ1) is 24.8. The molecule has 0 saturated carbocycles. The van der Waals surface area contributed by atoms with Crippen LogP contribution in [0.1, 0.15) is 24.2 Å². The van der Waals surface area contributed by atoms with Crippen molar-refractivity contribution < 1.29 is 24.1 Å². The number of ether oxygens (including phenoxy) is 1. The van der Waals surface area contributed by atoms with Crippen molar-refractivity contribution in [2.45, 2.75) is 25.9 Å². The van der Waals surface area contributed by atoms with E-state index in [2.05, 4.69) is 15.2 Å². The topological polar surface area (TPSA) is 117 Å². The zero-order valence-electron chi connectivity index (χ0n) is 19.8. The number of aliphatic hydroxyl groups is 1. The lowest BCUT2D eigenvalue weighted by Gasteiger charge is -2.27. The molecule has 3 heterocycles. The van der Waals surface area contributed by atoms with E-state index in [9.17, 15) is 24.2 Å². The molecule has 35 heavy (non-hydrogen) atoms. The van der Waals surface area contributed by atoms with E-state index >= 15 is 0 Å². The van der Waals surface area contributed by atoms with Gasteiger partial charge in [-0.3, -0.25) is 19.1 Å². The Bertz CT molecular complexity index is 1280. The molecule has 3 aromatic rings. The molecule has 10 heteroatoms. The van der Waals surface area contributed by atoms with E-state index in [1.54, 1.807) is 38.2 Å². The summed E-state index contributed by atoms with van der Waals surface area (Å²) in [6, 6.07) is 7.43. The summed E-state index contributed by atoms with van der Waals surface area (Å²) in [5.74, 6) is -1.66. The Hall–Kier alpha value is -3.34. The van der Waals surface area contributed by atoms with Crippen LogP contribution in [0.2, 0.25) is 0 Å². The van der Waals surface area contributed by atoms with E-state index in [0.717, 1.165) is 13.1 Å². The second kappa shape index (κ2) is 10.1. The standard InChI is InChI=1S/C25H29FN4O5/c1-25(2,15-31)28-23(33)20-21(32)19-13-17(16-3-5-18(26)6-4-16)14-27-22(19)30(24(20)34)8-7-29-9-11-35-12-10-29/h3-6,13-14,31-32H,7-12,15H2,1-2H3,(H,28,33). The molecule has 9 nitrogen and oxygen atoms in total. The van der Waals surface area contributed by atoms with Crippen LogP contribution in [-0.4, -0.2) is 75.6 Å². The van der Waals surface area contributed by atoms with Crippen molar-refractivity contribution >= 4 is 16.9 Å². The summed E-state index contributed by atoms with van der Waals surface area (Å²) in [6.45, 7) is 6.31. The molecule has 3 N–H and O–H groups in total. The van der Waals surface area contributed by atoms with Gasteiger partial charge in [-0.25, -0.2) is 9.37 Å². The molecule has 2 aromatic heterocycles. The number of pyridine rings is 2. The summed E-state index contributed by atoms with van der Waals surface area (Å²) in [7, 11) is 0. The lowest BCUT2D eigenvalue weighted by molar-refractivity contribution is 0.0364. The molecule has 0 radical (unpaired) electrons. The molecule has 1 fully saturated rings. The SMILES string of the molecule is CC(C)(CO)NC(=O)c1c(O)c2cc(-c3ccc(F)cc3)cnc2n(CCN2CCOCC2)c1=O. The van der Waals surface area contributed by atoms with Gasteiger partial charge in [0.25, 0.3) is 11.5 Å². The number of rotatable bonds is 7. The molecule has 1 aliphatic rings. The molecule has 4 rings (SSSR count). The van der Waals surface area contributed by atoms with E-state index in [4.69, 9.17) is 4.74 Å². The fourth-order valence-corrected chi connectivity index (χ4v) is 4.00. The largest absolute Gasteiger partial charge is 0.506 e. The van der Waals surface area contributed by atoms with Crippen LogP contribution in [0.15, 0.2) is 41.3 Å². The number of morpholine rings is 1. The van der Waals surface area contributed by atoms with E-state index in [0.29, 0.717) is 30.9 Å². The summed E-state index contributed by atoms with van der Waals surface area (Å²) < 4.78 is 20.2. The maximum absolute atomic E-state index is 13.4. The fraction of sp³-hybridized carbons (Fsp3) is 0.400. The number of carbonyl (C=O) groups is 1. The van der Waals surface area contributed by atoms with Gasteiger partial charge < -0.3 is 20.3 Å². The first-order valence-corrected chi connectivity index (χ1v) is 11.4. The van der Waals surface area contributed by atoms with Crippen LogP contribution in [0, 0.1) is 5.82 Å². The van der Waals surface area contributed by atoms with Gasteiger partial charge in [0.15, 0.2) is 0 Å². The Labute approximate surface area is 201 Å². The molecular formula is C25H29FN4O5. The number of nitrogens with one attached hydrogen (secondary N) is 1. The molecular weight excluding hydrogens is 455 g/mol. The van der Waals surface area contributed by atoms with E-state index in [1.165, 1.54) is 16.7 Å². The highest BCUT2D eigenvalue weighted by Gasteiger charge is 2.28. The zero-order valence-corrected chi connectivity index (χ0v) is 19.8. The average Bonchev–Trinajstić information content (AvgIpc) is 2.84. The van der Waals surface area contributed by atoms with Gasteiger partial charge in [-0.2, -0.15) is 0 Å². The fourth-order valence-electron chi connectivity index (χ4n) is 4.00. The Morgan fingerprint density at radius 3 is 2.51 bits per heavy atom. The molecule has 1 aliphatic heterocycles. The van der Waals surface area contributed by atoms with Crippen LogP contribution in [0.25, 0.3) is 22.2 Å². The maximum atomic E-state index is 13.4. The quantitative estimate of drug-likeness (QED) is 0.468. The number of aliphatic hydroxyl groups excluding tert-OH is 1. The van der Waals surface area contributed by atoms with Crippen LogP contribution in [-0.2, 0) is 11.3 Å². The molecule has 0 spiro atoms. The predicted octanol–water partition coefficient (Wildman–Crippen LogP) is 1.74. The van der Waals surface area contributed by atoms with Crippen LogP contribution in [0.5, 0.6) is 5.75 Å². The molecule has 0 unspecified atom stereocenters. The maximum Gasteiger partial charge on any atom is 0.268 e. The summed E-state index contributed by atoms with van der Waals surface area (Å²) >= 11 is 0. The van der Waals surface area contributed by atoms with Crippen molar-refractivity contribution in [2.24, 2.45) is 0 Å². The zero-order chi connectivity index (χ0) is 25.2. The number of hydrogen-bond donors (Lipinski definition) is 3. The number of aromatic nitrogens is 2. The molecule has 0 aliphatic carbocycles. The summed E-state index contributed by atoms with van der Waals surface area (Å²) in [6.07, 6.45) is 1.55. The van der Waals surface area contributed by atoms with Gasteiger partial charge in [0.05, 0.1) is 30.7 Å². The minimum atomic E-state index is -1.00. The van der Waals surface area contributed by atoms with Gasteiger partial charge in [0.2, 0.25) is 0 Å². The lowest BCUT2D eigenvalue weighted by Crippen LogP contribution is -2.48. The molecule has 1 aromatic carbocycles. The van der Waals surface area contributed by atoms with Crippen molar-refractivity contribution in [1.29, 1.82) is 0 Å².